The molecule has 0 radical (unpaired) electrons. The monoisotopic (exact) mass is 281 g/mol. The van der Waals surface area contributed by atoms with Gasteiger partial charge in [-0.1, -0.05) is 6.07 Å². The molecule has 1 atom stereocenters. The summed E-state index contributed by atoms with van der Waals surface area (Å²) in [6, 6.07) is 5.83. The minimum atomic E-state index is -0.350. The van der Waals surface area contributed by atoms with E-state index in [0.29, 0.717) is 13.0 Å². The Hall–Kier alpha value is -1.26. The van der Waals surface area contributed by atoms with E-state index in [-0.39, 0.29) is 11.6 Å². The van der Waals surface area contributed by atoms with Gasteiger partial charge >= 0.3 is 0 Å². The smallest absolute Gasteiger partial charge is 0.127 e. The average molecular weight is 281 g/mol. The first kappa shape index (κ1) is 16.8. The van der Waals surface area contributed by atoms with E-state index in [9.17, 15) is 5.11 Å². The van der Waals surface area contributed by atoms with E-state index >= 15 is 0 Å². The molecule has 1 unspecified atom stereocenters. The Labute approximate surface area is 122 Å². The predicted molar refractivity (Wildman–Crippen MR) is 81.4 cm³/mol. The molecule has 0 aromatic heterocycles. The molecule has 0 aliphatic rings. The molecule has 0 spiro atoms. The highest BCUT2D eigenvalue weighted by molar-refractivity contribution is 5.40. The fourth-order valence-corrected chi connectivity index (χ4v) is 1.64. The zero-order valence-corrected chi connectivity index (χ0v) is 13.2. The Kier molecular flexibility index (Phi) is 6.30. The van der Waals surface area contributed by atoms with Crippen molar-refractivity contribution in [3.63, 3.8) is 0 Å². The van der Waals surface area contributed by atoms with Crippen molar-refractivity contribution in [2.75, 3.05) is 13.7 Å². The molecule has 0 aliphatic heterocycles. The van der Waals surface area contributed by atoms with Gasteiger partial charge in [0.15, 0.2) is 0 Å². The number of ether oxygens (including phenoxy) is 2. The predicted octanol–water partition coefficient (Wildman–Crippen LogP) is 2.73. The van der Waals surface area contributed by atoms with Crippen molar-refractivity contribution in [1.82, 2.24) is 5.32 Å². The van der Waals surface area contributed by atoms with E-state index in [0.717, 1.165) is 23.6 Å². The number of nitrogens with one attached hydrogen (secondary N) is 1. The number of aliphatic hydroxyl groups excluding tert-OH is 1. The molecule has 20 heavy (non-hydrogen) atoms. The minimum absolute atomic E-state index is 0.0524. The van der Waals surface area contributed by atoms with Gasteiger partial charge in [0, 0.05) is 30.1 Å². The minimum Gasteiger partial charge on any atom is -0.497 e. The molecular formula is C16H27NO3. The first-order chi connectivity index (χ1) is 9.31. The Bertz CT molecular complexity index is 411. The number of hydrogen-bond acceptors (Lipinski definition) is 4. The van der Waals surface area contributed by atoms with Crippen molar-refractivity contribution < 1.29 is 14.6 Å². The van der Waals surface area contributed by atoms with Crippen LogP contribution in [0.1, 0.15) is 39.7 Å². The summed E-state index contributed by atoms with van der Waals surface area (Å²) >= 11 is 0. The zero-order chi connectivity index (χ0) is 15.2. The quantitative estimate of drug-likeness (QED) is 0.807. The standard InChI is InChI=1S/C16H27NO3/c1-12(18)8-9-20-15-10-14(19-5)7-6-13(15)11-17-16(2,3)4/h6-7,10,12,17-18H,8-9,11H2,1-5H3. The van der Waals surface area contributed by atoms with Crippen molar-refractivity contribution in [3.8, 4) is 11.5 Å². The van der Waals surface area contributed by atoms with Gasteiger partial charge in [0.05, 0.1) is 19.8 Å². The Morgan fingerprint density at radius 1 is 1.30 bits per heavy atom. The first-order valence-corrected chi connectivity index (χ1v) is 7.04. The van der Waals surface area contributed by atoms with Crippen LogP contribution in [0, 0.1) is 0 Å². The van der Waals surface area contributed by atoms with Crippen LogP contribution >= 0.6 is 0 Å². The van der Waals surface area contributed by atoms with Crippen molar-refractivity contribution in [1.29, 1.82) is 0 Å². The third-order valence-electron chi connectivity index (χ3n) is 2.88. The molecule has 0 bridgehead atoms. The van der Waals surface area contributed by atoms with E-state index in [2.05, 4.69) is 26.1 Å². The molecule has 0 fully saturated rings. The molecule has 2 N–H and O–H groups in total. The lowest BCUT2D eigenvalue weighted by Crippen LogP contribution is -2.35. The van der Waals surface area contributed by atoms with Gasteiger partial charge in [-0.05, 0) is 33.8 Å². The summed E-state index contributed by atoms with van der Waals surface area (Å²) in [5, 5.41) is 12.7. The fourth-order valence-electron chi connectivity index (χ4n) is 1.64. The lowest BCUT2D eigenvalue weighted by molar-refractivity contribution is 0.155. The summed E-state index contributed by atoms with van der Waals surface area (Å²) in [7, 11) is 1.64. The molecule has 0 amide bonds. The largest absolute Gasteiger partial charge is 0.497 e. The van der Waals surface area contributed by atoms with Gasteiger partial charge in [-0.25, -0.2) is 0 Å². The highest BCUT2D eigenvalue weighted by Crippen LogP contribution is 2.25. The lowest BCUT2D eigenvalue weighted by atomic mass is 10.1. The normalized spacial score (nSPS) is 13.1. The van der Waals surface area contributed by atoms with Gasteiger partial charge in [-0.15, -0.1) is 0 Å². The molecule has 1 aromatic rings. The maximum Gasteiger partial charge on any atom is 0.127 e. The summed E-state index contributed by atoms with van der Waals surface area (Å²) in [6.07, 6.45) is 0.264. The molecule has 1 rings (SSSR count). The molecule has 4 heteroatoms. The van der Waals surface area contributed by atoms with Crippen molar-refractivity contribution >= 4 is 0 Å². The van der Waals surface area contributed by atoms with Crippen LogP contribution in [-0.2, 0) is 6.54 Å². The van der Waals surface area contributed by atoms with E-state index in [1.165, 1.54) is 0 Å². The maximum atomic E-state index is 9.29. The topological polar surface area (TPSA) is 50.7 Å². The molecule has 4 nitrogen and oxygen atoms in total. The van der Waals surface area contributed by atoms with E-state index in [1.54, 1.807) is 14.0 Å². The average Bonchev–Trinajstić information content (AvgIpc) is 2.35. The second-order valence-corrected chi connectivity index (χ2v) is 6.06. The van der Waals surface area contributed by atoms with Crippen LogP contribution in [0.25, 0.3) is 0 Å². The van der Waals surface area contributed by atoms with Gasteiger partial charge in [-0.3, -0.25) is 0 Å². The molecule has 0 saturated carbocycles. The molecular weight excluding hydrogens is 254 g/mol. The molecule has 114 valence electrons. The van der Waals surface area contributed by atoms with Gasteiger partial charge in [0.1, 0.15) is 11.5 Å². The fraction of sp³-hybridized carbons (Fsp3) is 0.625. The third kappa shape index (κ3) is 6.26. The number of hydrogen-bond donors (Lipinski definition) is 2. The van der Waals surface area contributed by atoms with Crippen LogP contribution in [-0.4, -0.2) is 30.5 Å². The van der Waals surface area contributed by atoms with Crippen LogP contribution in [0.3, 0.4) is 0 Å². The van der Waals surface area contributed by atoms with Crippen LogP contribution in [0.2, 0.25) is 0 Å². The van der Waals surface area contributed by atoms with Gasteiger partial charge in [-0.2, -0.15) is 0 Å². The van der Waals surface area contributed by atoms with Crippen LogP contribution < -0.4 is 14.8 Å². The second-order valence-electron chi connectivity index (χ2n) is 6.06. The highest BCUT2D eigenvalue weighted by Gasteiger charge is 2.12. The van der Waals surface area contributed by atoms with E-state index in [1.807, 2.05) is 18.2 Å². The molecule has 0 saturated heterocycles. The lowest BCUT2D eigenvalue weighted by Gasteiger charge is -2.22. The Morgan fingerprint density at radius 2 is 2.00 bits per heavy atom. The van der Waals surface area contributed by atoms with Crippen molar-refractivity contribution in [3.05, 3.63) is 23.8 Å². The van der Waals surface area contributed by atoms with Gasteiger partial charge < -0.3 is 19.9 Å². The first-order valence-electron chi connectivity index (χ1n) is 7.04. The van der Waals surface area contributed by atoms with E-state index in [4.69, 9.17) is 9.47 Å². The highest BCUT2D eigenvalue weighted by atomic mass is 16.5. The summed E-state index contributed by atoms with van der Waals surface area (Å²) in [4.78, 5) is 0. The summed E-state index contributed by atoms with van der Waals surface area (Å²) < 4.78 is 11.0. The van der Waals surface area contributed by atoms with Gasteiger partial charge in [0.2, 0.25) is 0 Å². The zero-order valence-electron chi connectivity index (χ0n) is 13.2. The van der Waals surface area contributed by atoms with Crippen LogP contribution in [0.4, 0.5) is 0 Å². The number of rotatable bonds is 7. The SMILES string of the molecule is COc1ccc(CNC(C)(C)C)c(OCCC(C)O)c1. The summed E-state index contributed by atoms with van der Waals surface area (Å²) in [5.41, 5.74) is 1.14. The number of methoxy groups -OCH3 is 1. The van der Waals surface area contributed by atoms with Crippen LogP contribution in [0.15, 0.2) is 18.2 Å². The molecule has 0 heterocycles. The van der Waals surface area contributed by atoms with E-state index < -0.39 is 0 Å². The summed E-state index contributed by atoms with van der Waals surface area (Å²) in [5.74, 6) is 1.58. The number of aliphatic hydroxyl groups is 1. The Morgan fingerprint density at radius 3 is 2.55 bits per heavy atom. The van der Waals surface area contributed by atoms with Crippen molar-refractivity contribution in [2.45, 2.75) is 52.3 Å². The number of benzene rings is 1. The van der Waals surface area contributed by atoms with Crippen molar-refractivity contribution in [2.24, 2.45) is 0 Å². The summed E-state index contributed by atoms with van der Waals surface area (Å²) in [6.45, 7) is 9.38. The Balaban J connectivity index is 2.75. The van der Waals surface area contributed by atoms with Crippen LogP contribution in [0.5, 0.6) is 11.5 Å². The molecule has 0 aliphatic carbocycles. The third-order valence-corrected chi connectivity index (χ3v) is 2.88. The second kappa shape index (κ2) is 7.50. The molecule has 1 aromatic carbocycles. The van der Waals surface area contributed by atoms with Gasteiger partial charge in [0.25, 0.3) is 0 Å². The maximum absolute atomic E-state index is 9.29.